The Morgan fingerprint density at radius 3 is 0.944 bits per heavy atom. The highest BCUT2D eigenvalue weighted by Crippen LogP contribution is 2.18. The highest BCUT2D eigenvalue weighted by molar-refractivity contribution is 5.70. The van der Waals surface area contributed by atoms with Gasteiger partial charge in [-0.2, -0.15) is 0 Å². The first-order chi connectivity index (χ1) is 35.6. The van der Waals surface area contributed by atoms with Crippen molar-refractivity contribution in [3.63, 3.8) is 0 Å². The highest BCUT2D eigenvalue weighted by Gasteiger charge is 2.18. The van der Waals surface area contributed by atoms with E-state index >= 15 is 0 Å². The van der Waals surface area contributed by atoms with Crippen molar-refractivity contribution >= 4 is 11.9 Å². The van der Waals surface area contributed by atoms with Crippen molar-refractivity contribution in [2.24, 2.45) is 0 Å². The standard InChI is InChI=1S/C67H128O5/c1-4-7-10-13-16-19-22-25-28-31-33-34-36-37-39-42-45-48-51-54-57-60-66(68)71-64-65(63-70-62-59-56-53-50-47-44-41-30-27-24-21-18-15-12-9-6-3)72-67(69)61-58-55-52-49-46-43-40-38-35-32-29-26-23-20-17-14-11-8-5-2/h17,20,26,29,65H,4-16,18-19,21-25,27-28,30-64H2,1-3H3/b20-17-,29-26-/t65-/m1/s1. The smallest absolute Gasteiger partial charge is 0.306 e. The van der Waals surface area contributed by atoms with Crippen LogP contribution in [-0.4, -0.2) is 37.9 Å². The summed E-state index contributed by atoms with van der Waals surface area (Å²) in [5, 5.41) is 0. The van der Waals surface area contributed by atoms with Crippen molar-refractivity contribution < 1.29 is 23.8 Å². The molecule has 426 valence electrons. The summed E-state index contributed by atoms with van der Waals surface area (Å²) in [5.74, 6) is -0.372. The van der Waals surface area contributed by atoms with E-state index in [1.165, 1.54) is 295 Å². The zero-order valence-electron chi connectivity index (χ0n) is 49.2. The van der Waals surface area contributed by atoms with Crippen molar-refractivity contribution in [2.75, 3.05) is 19.8 Å². The fourth-order valence-corrected chi connectivity index (χ4v) is 10.1. The third-order valence-electron chi connectivity index (χ3n) is 15.0. The van der Waals surface area contributed by atoms with Gasteiger partial charge in [0.05, 0.1) is 6.61 Å². The average molecular weight is 1010 g/mol. The molecule has 5 nitrogen and oxygen atoms in total. The van der Waals surface area contributed by atoms with Crippen LogP contribution in [0.5, 0.6) is 0 Å². The lowest BCUT2D eigenvalue weighted by molar-refractivity contribution is -0.163. The first-order valence-electron chi connectivity index (χ1n) is 32.9. The van der Waals surface area contributed by atoms with Crippen molar-refractivity contribution in [3.05, 3.63) is 24.3 Å². The monoisotopic (exact) mass is 1010 g/mol. The van der Waals surface area contributed by atoms with Gasteiger partial charge in [0.1, 0.15) is 6.61 Å². The Hall–Kier alpha value is -1.62. The van der Waals surface area contributed by atoms with Gasteiger partial charge < -0.3 is 14.2 Å². The van der Waals surface area contributed by atoms with Crippen LogP contribution in [0.4, 0.5) is 0 Å². The van der Waals surface area contributed by atoms with Gasteiger partial charge >= 0.3 is 11.9 Å². The molecule has 0 aromatic rings. The molecule has 0 unspecified atom stereocenters. The lowest BCUT2D eigenvalue weighted by atomic mass is 10.0. The van der Waals surface area contributed by atoms with Crippen LogP contribution in [0.3, 0.4) is 0 Å². The Bertz CT molecular complexity index is 1100. The molecule has 0 bridgehead atoms. The van der Waals surface area contributed by atoms with E-state index < -0.39 is 6.10 Å². The molecule has 0 saturated carbocycles. The first-order valence-corrected chi connectivity index (χ1v) is 32.9. The molecule has 0 spiro atoms. The maximum atomic E-state index is 12.9. The number of carbonyl (C=O) groups is 2. The second-order valence-electron chi connectivity index (χ2n) is 22.4. The van der Waals surface area contributed by atoms with Crippen LogP contribution in [0.2, 0.25) is 0 Å². The van der Waals surface area contributed by atoms with Gasteiger partial charge in [0.25, 0.3) is 0 Å². The quantitative estimate of drug-likeness (QED) is 0.0345. The van der Waals surface area contributed by atoms with Gasteiger partial charge in [-0.3, -0.25) is 9.59 Å². The van der Waals surface area contributed by atoms with Gasteiger partial charge in [-0.25, -0.2) is 0 Å². The molecule has 0 aliphatic rings. The van der Waals surface area contributed by atoms with Crippen LogP contribution in [0.25, 0.3) is 0 Å². The van der Waals surface area contributed by atoms with Crippen LogP contribution in [0, 0.1) is 0 Å². The summed E-state index contributed by atoms with van der Waals surface area (Å²) in [6, 6.07) is 0. The van der Waals surface area contributed by atoms with Crippen molar-refractivity contribution in [2.45, 2.75) is 374 Å². The third kappa shape index (κ3) is 60.9. The van der Waals surface area contributed by atoms with Gasteiger partial charge in [-0.1, -0.05) is 328 Å². The van der Waals surface area contributed by atoms with E-state index in [4.69, 9.17) is 14.2 Å². The lowest BCUT2D eigenvalue weighted by Crippen LogP contribution is -2.30. The Morgan fingerprint density at radius 1 is 0.306 bits per heavy atom. The number of esters is 2. The van der Waals surface area contributed by atoms with E-state index in [1.54, 1.807) is 0 Å². The molecule has 0 amide bonds. The maximum Gasteiger partial charge on any atom is 0.306 e. The van der Waals surface area contributed by atoms with Gasteiger partial charge in [0.15, 0.2) is 6.10 Å². The van der Waals surface area contributed by atoms with Gasteiger partial charge in [-0.15, -0.1) is 0 Å². The van der Waals surface area contributed by atoms with Crippen LogP contribution in [0.1, 0.15) is 367 Å². The van der Waals surface area contributed by atoms with Gasteiger partial charge in [-0.05, 0) is 51.4 Å². The number of ether oxygens (including phenoxy) is 3. The molecule has 0 radical (unpaired) electrons. The molecule has 0 aromatic carbocycles. The van der Waals surface area contributed by atoms with Crippen LogP contribution in [-0.2, 0) is 23.8 Å². The van der Waals surface area contributed by atoms with Crippen molar-refractivity contribution in [1.82, 2.24) is 0 Å². The topological polar surface area (TPSA) is 61.8 Å². The lowest BCUT2D eigenvalue weighted by Gasteiger charge is -2.18. The fraction of sp³-hybridized carbons (Fsp3) is 0.910. The maximum absolute atomic E-state index is 12.9. The highest BCUT2D eigenvalue weighted by atomic mass is 16.6. The molecule has 0 aromatic heterocycles. The van der Waals surface area contributed by atoms with Crippen molar-refractivity contribution in [1.29, 1.82) is 0 Å². The van der Waals surface area contributed by atoms with E-state index in [2.05, 4.69) is 45.1 Å². The fourth-order valence-electron chi connectivity index (χ4n) is 10.1. The van der Waals surface area contributed by atoms with E-state index in [0.717, 1.165) is 38.5 Å². The van der Waals surface area contributed by atoms with E-state index in [1.807, 2.05) is 0 Å². The molecule has 1 atom stereocenters. The second kappa shape index (κ2) is 63.7. The molecule has 72 heavy (non-hydrogen) atoms. The number of unbranched alkanes of at least 4 members (excludes halogenated alkanes) is 47. The molecule has 0 heterocycles. The predicted molar refractivity (Wildman–Crippen MR) is 316 cm³/mol. The van der Waals surface area contributed by atoms with E-state index in [0.29, 0.717) is 26.1 Å². The zero-order valence-corrected chi connectivity index (χ0v) is 49.2. The van der Waals surface area contributed by atoms with Gasteiger partial charge in [0.2, 0.25) is 0 Å². The minimum atomic E-state index is -0.533. The first kappa shape index (κ1) is 70.4. The minimum absolute atomic E-state index is 0.0929. The minimum Gasteiger partial charge on any atom is -0.462 e. The van der Waals surface area contributed by atoms with Crippen molar-refractivity contribution in [3.8, 4) is 0 Å². The molecule has 0 aliphatic heterocycles. The predicted octanol–water partition coefficient (Wildman–Crippen LogP) is 22.7. The van der Waals surface area contributed by atoms with Crippen LogP contribution >= 0.6 is 0 Å². The van der Waals surface area contributed by atoms with Gasteiger partial charge in [0, 0.05) is 19.4 Å². The number of hydrogen-bond donors (Lipinski definition) is 0. The number of allylic oxidation sites excluding steroid dienone is 4. The normalized spacial score (nSPS) is 12.2. The largest absolute Gasteiger partial charge is 0.462 e. The molecular weight excluding hydrogens is 885 g/mol. The Balaban J connectivity index is 4.19. The summed E-state index contributed by atoms with van der Waals surface area (Å²) in [5.41, 5.74) is 0. The summed E-state index contributed by atoms with van der Waals surface area (Å²) in [6.45, 7) is 7.90. The number of carbonyl (C=O) groups excluding carboxylic acids is 2. The molecule has 5 heteroatoms. The van der Waals surface area contributed by atoms with Crippen LogP contribution in [0.15, 0.2) is 24.3 Å². The summed E-state index contributed by atoms with van der Waals surface area (Å²) in [7, 11) is 0. The number of hydrogen-bond acceptors (Lipinski definition) is 5. The summed E-state index contributed by atoms with van der Waals surface area (Å²) in [4.78, 5) is 25.6. The molecular formula is C67H128O5. The summed E-state index contributed by atoms with van der Waals surface area (Å²) >= 11 is 0. The Morgan fingerprint density at radius 2 is 0.583 bits per heavy atom. The zero-order chi connectivity index (χ0) is 52.0. The molecule has 0 N–H and O–H groups in total. The molecule has 0 saturated heterocycles. The SMILES string of the molecule is CCCCC/C=C\C/C=C\CCCCCCCCCCCC(=O)O[C@H](COCCCCCCCCCCCCCCCCCC)COC(=O)CCCCCCCCCCCCCCCCCCCCCCC. The van der Waals surface area contributed by atoms with Crippen LogP contribution < -0.4 is 0 Å². The summed E-state index contributed by atoms with van der Waals surface area (Å²) in [6.07, 6.45) is 77.9. The average Bonchev–Trinajstić information content (AvgIpc) is 3.38. The van der Waals surface area contributed by atoms with E-state index in [9.17, 15) is 9.59 Å². The molecule has 0 fully saturated rings. The Kier molecular flexibility index (Phi) is 62.2. The Labute approximate surface area is 451 Å². The third-order valence-corrected chi connectivity index (χ3v) is 15.0. The molecule has 0 aliphatic carbocycles. The molecule has 0 rings (SSSR count). The van der Waals surface area contributed by atoms with E-state index in [-0.39, 0.29) is 18.5 Å². The second-order valence-corrected chi connectivity index (χ2v) is 22.4. The number of rotatable bonds is 62. The summed E-state index contributed by atoms with van der Waals surface area (Å²) < 4.78 is 17.6.